The Labute approximate surface area is 126 Å². The van der Waals surface area contributed by atoms with Crippen LogP contribution in [0.4, 0.5) is 5.69 Å². The van der Waals surface area contributed by atoms with Gasteiger partial charge < -0.3 is 15.7 Å². The summed E-state index contributed by atoms with van der Waals surface area (Å²) in [6.07, 6.45) is 0. The van der Waals surface area contributed by atoms with Gasteiger partial charge in [-0.05, 0) is 36.8 Å². The summed E-state index contributed by atoms with van der Waals surface area (Å²) in [5, 5.41) is 14.2. The van der Waals surface area contributed by atoms with Gasteiger partial charge >= 0.3 is 0 Å². The molecule has 110 valence electrons. The molecule has 6 heteroatoms. The molecule has 0 saturated carbocycles. The van der Waals surface area contributed by atoms with Crippen LogP contribution < -0.4 is 10.6 Å². The molecule has 0 aliphatic rings. The van der Waals surface area contributed by atoms with E-state index in [0.717, 1.165) is 10.4 Å². The van der Waals surface area contributed by atoms with E-state index in [1.165, 1.54) is 11.3 Å². The average Bonchev–Trinajstić information content (AvgIpc) is 2.92. The van der Waals surface area contributed by atoms with Crippen LogP contribution in [0.1, 0.15) is 20.1 Å². The Morgan fingerprint density at radius 2 is 1.86 bits per heavy atom. The van der Waals surface area contributed by atoms with Crippen molar-refractivity contribution < 1.29 is 14.7 Å². The molecular weight excluding hydrogens is 288 g/mol. The summed E-state index contributed by atoms with van der Waals surface area (Å²) < 4.78 is 0. The fourth-order valence-electron chi connectivity index (χ4n) is 1.70. The molecule has 0 saturated heterocycles. The summed E-state index contributed by atoms with van der Waals surface area (Å²) >= 11 is 1.39. The number of anilines is 1. The lowest BCUT2D eigenvalue weighted by Gasteiger charge is -2.06. The predicted octanol–water partition coefficient (Wildman–Crippen LogP) is 1.92. The third-order valence-electron chi connectivity index (χ3n) is 2.79. The first-order valence-electron chi connectivity index (χ1n) is 6.43. The van der Waals surface area contributed by atoms with Crippen LogP contribution in [-0.2, 0) is 11.4 Å². The Morgan fingerprint density at radius 3 is 2.43 bits per heavy atom. The van der Waals surface area contributed by atoms with E-state index >= 15 is 0 Å². The largest absolute Gasteiger partial charge is 0.392 e. The van der Waals surface area contributed by atoms with Crippen molar-refractivity contribution in [3.05, 3.63) is 51.7 Å². The van der Waals surface area contributed by atoms with Gasteiger partial charge in [0.15, 0.2) is 0 Å². The van der Waals surface area contributed by atoms with Gasteiger partial charge in [-0.15, -0.1) is 11.3 Å². The van der Waals surface area contributed by atoms with Crippen LogP contribution in [0.3, 0.4) is 0 Å². The summed E-state index contributed by atoms with van der Waals surface area (Å²) in [6.45, 7) is 1.80. The lowest BCUT2D eigenvalue weighted by molar-refractivity contribution is -0.115. The van der Waals surface area contributed by atoms with Crippen molar-refractivity contribution in [3.63, 3.8) is 0 Å². The monoisotopic (exact) mass is 304 g/mol. The van der Waals surface area contributed by atoms with Gasteiger partial charge in [-0.25, -0.2) is 0 Å². The molecule has 0 radical (unpaired) electrons. The summed E-state index contributed by atoms with van der Waals surface area (Å²) in [5.74, 6) is -0.549. The number of hydrogen-bond donors (Lipinski definition) is 3. The highest BCUT2D eigenvalue weighted by atomic mass is 32.1. The molecule has 0 bridgehead atoms. The van der Waals surface area contributed by atoms with E-state index in [1.54, 1.807) is 30.3 Å². The smallest absolute Gasteiger partial charge is 0.261 e. The standard InChI is InChI=1S/C15H16N2O3S/c1-10-2-7-13(21-10)15(20)16-8-14(19)17-12-5-3-11(9-18)4-6-12/h2-7,18H,8-9H2,1H3,(H,16,20)(H,17,19). The van der Waals surface area contributed by atoms with Crippen molar-refractivity contribution in [2.45, 2.75) is 13.5 Å². The molecule has 2 amide bonds. The van der Waals surface area contributed by atoms with Gasteiger partial charge in [-0.3, -0.25) is 9.59 Å². The molecule has 3 N–H and O–H groups in total. The lowest BCUT2D eigenvalue weighted by Crippen LogP contribution is -2.32. The summed E-state index contributed by atoms with van der Waals surface area (Å²) in [6, 6.07) is 10.5. The molecule has 1 heterocycles. The zero-order valence-electron chi connectivity index (χ0n) is 11.6. The zero-order valence-corrected chi connectivity index (χ0v) is 12.4. The minimum atomic E-state index is -0.298. The van der Waals surface area contributed by atoms with E-state index in [1.807, 2.05) is 13.0 Å². The number of aryl methyl sites for hydroxylation is 1. The van der Waals surface area contributed by atoms with E-state index < -0.39 is 0 Å². The maximum atomic E-state index is 11.8. The van der Waals surface area contributed by atoms with Crippen LogP contribution in [0.15, 0.2) is 36.4 Å². The molecule has 2 rings (SSSR count). The summed E-state index contributed by atoms with van der Waals surface area (Å²) in [7, 11) is 0. The molecule has 5 nitrogen and oxygen atoms in total. The van der Waals surface area contributed by atoms with Gasteiger partial charge in [0.1, 0.15) is 0 Å². The summed E-state index contributed by atoms with van der Waals surface area (Å²) in [5.41, 5.74) is 1.40. The fraction of sp³-hybridized carbons (Fsp3) is 0.200. The first-order valence-corrected chi connectivity index (χ1v) is 7.24. The quantitative estimate of drug-likeness (QED) is 0.789. The molecule has 0 atom stereocenters. The highest BCUT2D eigenvalue weighted by molar-refractivity contribution is 7.13. The Balaban J connectivity index is 1.82. The van der Waals surface area contributed by atoms with E-state index in [4.69, 9.17) is 5.11 Å². The number of rotatable bonds is 5. The van der Waals surface area contributed by atoms with Gasteiger partial charge in [0.2, 0.25) is 5.91 Å². The number of amides is 2. The van der Waals surface area contributed by atoms with Crippen molar-refractivity contribution in [3.8, 4) is 0 Å². The minimum absolute atomic E-state index is 0.0372. The second-order valence-corrected chi connectivity index (χ2v) is 5.78. The van der Waals surface area contributed by atoms with Crippen LogP contribution >= 0.6 is 11.3 Å². The maximum Gasteiger partial charge on any atom is 0.261 e. The van der Waals surface area contributed by atoms with Crippen LogP contribution in [0.2, 0.25) is 0 Å². The van der Waals surface area contributed by atoms with Crippen LogP contribution in [-0.4, -0.2) is 23.5 Å². The van der Waals surface area contributed by atoms with Gasteiger partial charge in [0.05, 0.1) is 18.0 Å². The second kappa shape index (κ2) is 7.01. The molecule has 0 spiro atoms. The van der Waals surface area contributed by atoms with Gasteiger partial charge in [-0.2, -0.15) is 0 Å². The van der Waals surface area contributed by atoms with Crippen molar-refractivity contribution in [2.24, 2.45) is 0 Å². The predicted molar refractivity (Wildman–Crippen MR) is 82.4 cm³/mol. The van der Waals surface area contributed by atoms with Crippen LogP contribution in [0.5, 0.6) is 0 Å². The lowest BCUT2D eigenvalue weighted by atomic mass is 10.2. The number of carbonyl (C=O) groups excluding carboxylic acids is 2. The van der Waals surface area contributed by atoms with Crippen molar-refractivity contribution in [1.29, 1.82) is 0 Å². The first-order chi connectivity index (χ1) is 10.1. The van der Waals surface area contributed by atoms with Crippen LogP contribution in [0, 0.1) is 6.92 Å². The molecule has 2 aromatic rings. The average molecular weight is 304 g/mol. The number of nitrogens with one attached hydrogen (secondary N) is 2. The number of benzene rings is 1. The third kappa shape index (κ3) is 4.40. The Hall–Kier alpha value is -2.18. The normalized spacial score (nSPS) is 10.2. The SMILES string of the molecule is Cc1ccc(C(=O)NCC(=O)Nc2ccc(CO)cc2)s1. The molecule has 0 unspecified atom stereocenters. The molecule has 1 aromatic heterocycles. The molecule has 0 aliphatic heterocycles. The minimum Gasteiger partial charge on any atom is -0.392 e. The van der Waals surface area contributed by atoms with Crippen LogP contribution in [0.25, 0.3) is 0 Å². The summed E-state index contributed by atoms with van der Waals surface area (Å²) in [4.78, 5) is 25.2. The second-order valence-electron chi connectivity index (χ2n) is 4.50. The molecule has 1 aromatic carbocycles. The van der Waals surface area contributed by atoms with E-state index in [2.05, 4.69) is 10.6 Å². The fourth-order valence-corrected chi connectivity index (χ4v) is 2.49. The van der Waals surface area contributed by atoms with E-state index in [9.17, 15) is 9.59 Å². The Kier molecular flexibility index (Phi) is 5.08. The molecule has 0 aliphatic carbocycles. The maximum absolute atomic E-state index is 11.8. The Bertz CT molecular complexity index is 635. The third-order valence-corrected chi connectivity index (χ3v) is 3.79. The molecule has 0 fully saturated rings. The highest BCUT2D eigenvalue weighted by Crippen LogP contribution is 2.14. The highest BCUT2D eigenvalue weighted by Gasteiger charge is 2.09. The van der Waals surface area contributed by atoms with E-state index in [0.29, 0.717) is 10.6 Å². The van der Waals surface area contributed by atoms with Crippen molar-refractivity contribution in [1.82, 2.24) is 5.32 Å². The topological polar surface area (TPSA) is 78.4 Å². The zero-order chi connectivity index (χ0) is 15.2. The van der Waals surface area contributed by atoms with Crippen molar-refractivity contribution >= 4 is 28.8 Å². The van der Waals surface area contributed by atoms with Gasteiger partial charge in [-0.1, -0.05) is 12.1 Å². The first kappa shape index (κ1) is 15.2. The molecule has 21 heavy (non-hydrogen) atoms. The number of aliphatic hydroxyl groups is 1. The Morgan fingerprint density at radius 1 is 1.14 bits per heavy atom. The number of aliphatic hydroxyl groups excluding tert-OH is 1. The number of hydrogen-bond acceptors (Lipinski definition) is 4. The number of thiophene rings is 1. The van der Waals surface area contributed by atoms with Gasteiger partial charge in [0, 0.05) is 10.6 Å². The van der Waals surface area contributed by atoms with E-state index in [-0.39, 0.29) is 25.0 Å². The van der Waals surface area contributed by atoms with Gasteiger partial charge in [0.25, 0.3) is 5.91 Å². The molecular formula is C15H16N2O3S. The number of carbonyl (C=O) groups is 2. The van der Waals surface area contributed by atoms with Crippen molar-refractivity contribution in [2.75, 3.05) is 11.9 Å².